The van der Waals surface area contributed by atoms with E-state index >= 15 is 0 Å². The van der Waals surface area contributed by atoms with Crippen LogP contribution in [0.4, 0.5) is 0 Å². The number of benzene rings is 1. The van der Waals surface area contributed by atoms with E-state index in [9.17, 15) is 8.42 Å². The second kappa shape index (κ2) is 7.23. The van der Waals surface area contributed by atoms with Crippen LogP contribution in [0, 0.1) is 5.92 Å². The summed E-state index contributed by atoms with van der Waals surface area (Å²) in [7, 11) is -2.85. The highest BCUT2D eigenvalue weighted by molar-refractivity contribution is 7.91. The highest BCUT2D eigenvalue weighted by Crippen LogP contribution is 2.28. The summed E-state index contributed by atoms with van der Waals surface area (Å²) in [6, 6.07) is 11.0. The molecule has 0 bridgehead atoms. The van der Waals surface area contributed by atoms with Crippen molar-refractivity contribution in [1.82, 2.24) is 5.32 Å². The highest BCUT2D eigenvalue weighted by Gasteiger charge is 2.27. The van der Waals surface area contributed by atoms with Crippen LogP contribution in [0.2, 0.25) is 0 Å². The summed E-state index contributed by atoms with van der Waals surface area (Å²) in [6.07, 6.45) is 4.76. The Bertz CT molecular complexity index is 498. The van der Waals surface area contributed by atoms with Crippen molar-refractivity contribution in [3.63, 3.8) is 0 Å². The van der Waals surface area contributed by atoms with Crippen LogP contribution in [0.5, 0.6) is 0 Å². The third kappa shape index (κ3) is 4.60. The van der Waals surface area contributed by atoms with Gasteiger partial charge in [0.2, 0.25) is 0 Å². The van der Waals surface area contributed by atoms with Gasteiger partial charge in [-0.2, -0.15) is 0 Å². The van der Waals surface area contributed by atoms with Crippen LogP contribution in [0.15, 0.2) is 30.3 Å². The maximum absolute atomic E-state index is 11.5. The van der Waals surface area contributed by atoms with Crippen molar-refractivity contribution >= 4 is 9.84 Å². The van der Waals surface area contributed by atoms with E-state index in [0.717, 1.165) is 6.42 Å². The zero-order valence-electron chi connectivity index (χ0n) is 12.2. The summed E-state index contributed by atoms with van der Waals surface area (Å²) >= 11 is 0. The Morgan fingerprint density at radius 1 is 1.20 bits per heavy atom. The summed E-state index contributed by atoms with van der Waals surface area (Å²) < 4.78 is 23.0. The largest absolute Gasteiger partial charge is 0.313 e. The SMILES string of the molecule is CCS(=O)(=O)CCN[C@@H]1CCC[C@H]1Cc1ccccc1. The molecule has 0 heterocycles. The molecule has 3 nitrogen and oxygen atoms in total. The minimum Gasteiger partial charge on any atom is -0.313 e. The van der Waals surface area contributed by atoms with Gasteiger partial charge >= 0.3 is 0 Å². The average molecular weight is 295 g/mol. The predicted molar refractivity (Wildman–Crippen MR) is 83.6 cm³/mol. The van der Waals surface area contributed by atoms with Gasteiger partial charge in [0.15, 0.2) is 9.84 Å². The van der Waals surface area contributed by atoms with Crippen LogP contribution in [0.1, 0.15) is 31.7 Å². The van der Waals surface area contributed by atoms with E-state index < -0.39 is 9.84 Å². The highest BCUT2D eigenvalue weighted by atomic mass is 32.2. The number of rotatable bonds is 7. The first-order valence-electron chi connectivity index (χ1n) is 7.58. The lowest BCUT2D eigenvalue weighted by Crippen LogP contribution is -2.36. The summed E-state index contributed by atoms with van der Waals surface area (Å²) in [4.78, 5) is 0. The molecule has 1 saturated carbocycles. The quantitative estimate of drug-likeness (QED) is 0.840. The fourth-order valence-electron chi connectivity index (χ4n) is 3.01. The maximum Gasteiger partial charge on any atom is 0.151 e. The van der Waals surface area contributed by atoms with Crippen molar-refractivity contribution in [2.45, 2.75) is 38.6 Å². The Morgan fingerprint density at radius 3 is 2.65 bits per heavy atom. The van der Waals surface area contributed by atoms with Crippen molar-refractivity contribution in [2.75, 3.05) is 18.1 Å². The summed E-state index contributed by atoms with van der Waals surface area (Å²) in [6.45, 7) is 2.30. The molecule has 0 unspecified atom stereocenters. The Morgan fingerprint density at radius 2 is 1.95 bits per heavy atom. The third-order valence-corrected chi connectivity index (χ3v) is 5.96. The minimum atomic E-state index is -2.85. The molecule has 20 heavy (non-hydrogen) atoms. The van der Waals surface area contributed by atoms with Gasteiger partial charge in [-0.3, -0.25) is 0 Å². The topological polar surface area (TPSA) is 46.2 Å². The smallest absolute Gasteiger partial charge is 0.151 e. The van der Waals surface area contributed by atoms with E-state index in [4.69, 9.17) is 0 Å². The molecule has 1 fully saturated rings. The molecule has 1 aromatic carbocycles. The minimum absolute atomic E-state index is 0.243. The van der Waals surface area contributed by atoms with Gasteiger partial charge in [-0.1, -0.05) is 43.7 Å². The lowest BCUT2D eigenvalue weighted by molar-refractivity contribution is 0.406. The molecule has 1 aliphatic rings. The molecule has 2 atom stereocenters. The van der Waals surface area contributed by atoms with Crippen LogP contribution in [-0.2, 0) is 16.3 Å². The Hall–Kier alpha value is -0.870. The van der Waals surface area contributed by atoms with E-state index in [1.807, 2.05) is 6.07 Å². The van der Waals surface area contributed by atoms with Gasteiger partial charge in [0.25, 0.3) is 0 Å². The Balaban J connectivity index is 1.82. The zero-order valence-corrected chi connectivity index (χ0v) is 13.0. The molecule has 4 heteroatoms. The van der Waals surface area contributed by atoms with Crippen LogP contribution in [0.3, 0.4) is 0 Å². The van der Waals surface area contributed by atoms with Crippen LogP contribution in [-0.4, -0.2) is 32.5 Å². The normalized spacial score (nSPS) is 23.1. The molecular formula is C16H25NO2S. The van der Waals surface area contributed by atoms with Crippen molar-refractivity contribution in [3.8, 4) is 0 Å². The second-order valence-electron chi connectivity index (χ2n) is 5.68. The fraction of sp³-hybridized carbons (Fsp3) is 0.625. The first-order valence-corrected chi connectivity index (χ1v) is 9.40. The van der Waals surface area contributed by atoms with E-state index in [1.54, 1.807) is 6.92 Å². The van der Waals surface area contributed by atoms with Gasteiger partial charge in [0, 0.05) is 18.3 Å². The van der Waals surface area contributed by atoms with E-state index in [-0.39, 0.29) is 11.5 Å². The van der Waals surface area contributed by atoms with Crippen LogP contribution >= 0.6 is 0 Å². The predicted octanol–water partition coefficient (Wildman–Crippen LogP) is 2.42. The lowest BCUT2D eigenvalue weighted by atomic mass is 9.95. The van der Waals surface area contributed by atoms with Gasteiger partial charge < -0.3 is 5.32 Å². The number of hydrogen-bond acceptors (Lipinski definition) is 3. The summed E-state index contributed by atoms with van der Waals surface area (Å²) in [5.74, 6) is 1.15. The molecule has 0 radical (unpaired) electrons. The van der Waals surface area contributed by atoms with Crippen molar-refractivity contribution in [2.24, 2.45) is 5.92 Å². The second-order valence-corrected chi connectivity index (χ2v) is 8.15. The first kappa shape index (κ1) is 15.5. The third-order valence-electron chi connectivity index (χ3n) is 4.26. The van der Waals surface area contributed by atoms with Crippen LogP contribution in [0.25, 0.3) is 0 Å². The molecule has 112 valence electrons. The Labute approximate surface area is 122 Å². The zero-order chi connectivity index (χ0) is 14.4. The van der Waals surface area contributed by atoms with Gasteiger partial charge in [0.05, 0.1) is 5.75 Å². The molecule has 0 aromatic heterocycles. The van der Waals surface area contributed by atoms with E-state index in [0.29, 0.717) is 18.5 Å². The van der Waals surface area contributed by atoms with Crippen molar-refractivity contribution in [3.05, 3.63) is 35.9 Å². The van der Waals surface area contributed by atoms with Crippen LogP contribution < -0.4 is 5.32 Å². The van der Waals surface area contributed by atoms with E-state index in [1.165, 1.54) is 24.8 Å². The summed E-state index contributed by atoms with van der Waals surface area (Å²) in [5.41, 5.74) is 1.38. The van der Waals surface area contributed by atoms with Crippen molar-refractivity contribution < 1.29 is 8.42 Å². The fourth-order valence-corrected chi connectivity index (χ4v) is 3.73. The molecular weight excluding hydrogens is 270 g/mol. The number of hydrogen-bond donors (Lipinski definition) is 1. The Kier molecular flexibility index (Phi) is 5.61. The molecule has 1 aliphatic carbocycles. The maximum atomic E-state index is 11.5. The lowest BCUT2D eigenvalue weighted by Gasteiger charge is -2.21. The molecule has 2 rings (SSSR count). The van der Waals surface area contributed by atoms with Gasteiger partial charge in [-0.05, 0) is 30.7 Å². The van der Waals surface area contributed by atoms with E-state index in [2.05, 4.69) is 29.6 Å². The molecule has 0 spiro atoms. The molecule has 0 saturated heterocycles. The van der Waals surface area contributed by atoms with Gasteiger partial charge in [-0.15, -0.1) is 0 Å². The number of nitrogens with one attached hydrogen (secondary N) is 1. The molecule has 1 N–H and O–H groups in total. The van der Waals surface area contributed by atoms with Gasteiger partial charge in [0.1, 0.15) is 0 Å². The summed E-state index contributed by atoms with van der Waals surface area (Å²) in [5, 5.41) is 3.46. The monoisotopic (exact) mass is 295 g/mol. The molecule has 0 aliphatic heterocycles. The first-order chi connectivity index (χ1) is 9.61. The average Bonchev–Trinajstić information content (AvgIpc) is 2.87. The van der Waals surface area contributed by atoms with Crippen molar-refractivity contribution in [1.29, 1.82) is 0 Å². The molecule has 0 amide bonds. The number of sulfone groups is 1. The van der Waals surface area contributed by atoms with Gasteiger partial charge in [-0.25, -0.2) is 8.42 Å². The molecule has 1 aromatic rings. The standard InChI is InChI=1S/C16H25NO2S/c1-2-20(18,19)12-11-17-16-10-6-9-15(16)13-14-7-4-3-5-8-14/h3-5,7-8,15-17H,2,6,9-13H2,1H3/t15-,16+/m0/s1.